The Morgan fingerprint density at radius 2 is 1.81 bits per heavy atom. The third-order valence-electron chi connectivity index (χ3n) is 6.46. The number of para-hydroxylation sites is 3. The average Bonchev–Trinajstić information content (AvgIpc) is 2.84. The van der Waals surface area contributed by atoms with E-state index in [1.54, 1.807) is 15.5 Å². The molecule has 1 atom stereocenters. The quantitative estimate of drug-likeness (QED) is 0.556. The highest BCUT2D eigenvalue weighted by atomic mass is 16.5. The second-order valence-electron chi connectivity index (χ2n) is 8.49. The number of rotatable bonds is 6. The fourth-order valence-electron chi connectivity index (χ4n) is 4.58. The standard InChI is InChI=1S/C26H31N3O3/c1-4-32-23-17-11-10-16-22(23)29-24(27-21-15-9-8-14-20(21)26(29)31)18(2)28(3)25(30)19-12-6-5-7-13-19/h8-11,14-19H,4-7,12-13H2,1-3H3. The van der Waals surface area contributed by atoms with Gasteiger partial charge in [0.15, 0.2) is 0 Å². The van der Waals surface area contributed by atoms with Crippen LogP contribution < -0.4 is 10.3 Å². The minimum atomic E-state index is -0.378. The summed E-state index contributed by atoms with van der Waals surface area (Å²) in [5, 5.41) is 0.538. The van der Waals surface area contributed by atoms with Crippen molar-refractivity contribution in [1.29, 1.82) is 0 Å². The number of fused-ring (bicyclic) bond motifs is 1. The lowest BCUT2D eigenvalue weighted by molar-refractivity contribution is -0.137. The van der Waals surface area contributed by atoms with Gasteiger partial charge in [-0.1, -0.05) is 43.5 Å². The molecule has 1 aromatic heterocycles. The summed E-state index contributed by atoms with van der Waals surface area (Å²) in [6.45, 7) is 4.34. The van der Waals surface area contributed by atoms with E-state index in [2.05, 4.69) is 0 Å². The van der Waals surface area contributed by atoms with Gasteiger partial charge in [0.2, 0.25) is 5.91 Å². The molecule has 1 saturated carbocycles. The van der Waals surface area contributed by atoms with Crippen LogP contribution in [0.5, 0.6) is 5.75 Å². The van der Waals surface area contributed by atoms with Crippen LogP contribution in [0.3, 0.4) is 0 Å². The van der Waals surface area contributed by atoms with Crippen molar-refractivity contribution in [3.05, 3.63) is 64.7 Å². The van der Waals surface area contributed by atoms with Gasteiger partial charge in [0.1, 0.15) is 11.6 Å². The molecular formula is C26H31N3O3. The molecule has 1 fully saturated rings. The molecule has 0 spiro atoms. The Bertz CT molecular complexity index is 1160. The lowest BCUT2D eigenvalue weighted by Gasteiger charge is -2.31. The van der Waals surface area contributed by atoms with Gasteiger partial charge in [-0.15, -0.1) is 0 Å². The van der Waals surface area contributed by atoms with E-state index in [0.717, 1.165) is 25.7 Å². The van der Waals surface area contributed by atoms with Crippen LogP contribution in [0, 0.1) is 5.92 Å². The smallest absolute Gasteiger partial charge is 0.266 e. The van der Waals surface area contributed by atoms with Crippen LogP contribution in [0.25, 0.3) is 16.6 Å². The maximum atomic E-state index is 13.7. The number of benzene rings is 2. The van der Waals surface area contributed by atoms with E-state index in [0.29, 0.717) is 34.8 Å². The minimum Gasteiger partial charge on any atom is -0.492 e. The van der Waals surface area contributed by atoms with Crippen LogP contribution in [-0.4, -0.2) is 34.0 Å². The molecule has 168 valence electrons. The SMILES string of the molecule is CCOc1ccccc1-n1c(C(C)N(C)C(=O)C2CCCCC2)nc2ccccc2c1=O. The fraction of sp³-hybridized carbons (Fsp3) is 0.423. The second-order valence-corrected chi connectivity index (χ2v) is 8.49. The van der Waals surface area contributed by atoms with Gasteiger partial charge in [-0.25, -0.2) is 4.98 Å². The molecule has 0 aliphatic heterocycles. The molecule has 4 rings (SSSR count). The molecule has 3 aromatic rings. The number of amides is 1. The number of ether oxygens (including phenoxy) is 1. The molecular weight excluding hydrogens is 402 g/mol. The van der Waals surface area contributed by atoms with E-state index in [4.69, 9.17) is 9.72 Å². The maximum absolute atomic E-state index is 13.7. The first-order valence-corrected chi connectivity index (χ1v) is 11.5. The number of carbonyl (C=O) groups is 1. The Balaban J connectivity index is 1.86. The topological polar surface area (TPSA) is 64.4 Å². The molecule has 2 aromatic carbocycles. The van der Waals surface area contributed by atoms with Gasteiger partial charge in [-0.2, -0.15) is 0 Å². The minimum absolute atomic E-state index is 0.0486. The summed E-state index contributed by atoms with van der Waals surface area (Å²) in [7, 11) is 1.82. The predicted octanol–water partition coefficient (Wildman–Crippen LogP) is 4.88. The van der Waals surface area contributed by atoms with Crippen LogP contribution in [0.2, 0.25) is 0 Å². The Kier molecular flexibility index (Phi) is 6.58. The van der Waals surface area contributed by atoms with Gasteiger partial charge >= 0.3 is 0 Å². The highest BCUT2D eigenvalue weighted by molar-refractivity contribution is 5.80. The van der Waals surface area contributed by atoms with E-state index in [9.17, 15) is 9.59 Å². The van der Waals surface area contributed by atoms with Crippen LogP contribution in [0.4, 0.5) is 0 Å². The summed E-state index contributed by atoms with van der Waals surface area (Å²) in [6, 6.07) is 14.4. The van der Waals surface area contributed by atoms with Crippen molar-refractivity contribution in [1.82, 2.24) is 14.5 Å². The summed E-state index contributed by atoms with van der Waals surface area (Å²) < 4.78 is 7.44. The fourth-order valence-corrected chi connectivity index (χ4v) is 4.58. The highest BCUT2D eigenvalue weighted by Crippen LogP contribution is 2.30. The first-order valence-electron chi connectivity index (χ1n) is 11.5. The largest absolute Gasteiger partial charge is 0.492 e. The van der Waals surface area contributed by atoms with Crippen molar-refractivity contribution >= 4 is 16.8 Å². The number of hydrogen-bond acceptors (Lipinski definition) is 4. The van der Waals surface area contributed by atoms with Crippen molar-refractivity contribution in [3.8, 4) is 11.4 Å². The van der Waals surface area contributed by atoms with E-state index in [1.807, 2.05) is 63.4 Å². The summed E-state index contributed by atoms with van der Waals surface area (Å²) >= 11 is 0. The van der Waals surface area contributed by atoms with Gasteiger partial charge < -0.3 is 9.64 Å². The maximum Gasteiger partial charge on any atom is 0.266 e. The molecule has 1 amide bonds. The number of hydrogen-bond donors (Lipinski definition) is 0. The van der Waals surface area contributed by atoms with E-state index >= 15 is 0 Å². The van der Waals surface area contributed by atoms with Crippen molar-refractivity contribution in [2.24, 2.45) is 5.92 Å². The zero-order valence-electron chi connectivity index (χ0n) is 19.1. The lowest BCUT2D eigenvalue weighted by Crippen LogP contribution is -2.38. The second kappa shape index (κ2) is 9.55. The monoisotopic (exact) mass is 433 g/mol. The predicted molar refractivity (Wildman–Crippen MR) is 126 cm³/mol. The molecule has 0 N–H and O–H groups in total. The molecule has 1 aliphatic carbocycles. The molecule has 0 radical (unpaired) electrons. The first kappa shape index (κ1) is 22.1. The lowest BCUT2D eigenvalue weighted by atomic mass is 9.88. The molecule has 32 heavy (non-hydrogen) atoms. The third-order valence-corrected chi connectivity index (χ3v) is 6.46. The third kappa shape index (κ3) is 4.14. The van der Waals surface area contributed by atoms with Crippen molar-refractivity contribution in [2.45, 2.75) is 52.0 Å². The number of aromatic nitrogens is 2. The molecule has 1 aliphatic rings. The Morgan fingerprint density at radius 1 is 1.12 bits per heavy atom. The van der Waals surface area contributed by atoms with E-state index in [1.165, 1.54) is 6.42 Å². The van der Waals surface area contributed by atoms with Gasteiger partial charge in [0, 0.05) is 13.0 Å². The molecule has 6 nitrogen and oxygen atoms in total. The van der Waals surface area contributed by atoms with E-state index < -0.39 is 0 Å². The average molecular weight is 434 g/mol. The van der Waals surface area contributed by atoms with Crippen molar-refractivity contribution in [3.63, 3.8) is 0 Å². The molecule has 1 unspecified atom stereocenters. The van der Waals surface area contributed by atoms with Gasteiger partial charge in [0.05, 0.1) is 29.2 Å². The molecule has 0 bridgehead atoms. The van der Waals surface area contributed by atoms with E-state index in [-0.39, 0.29) is 23.4 Å². The van der Waals surface area contributed by atoms with Crippen LogP contribution in [-0.2, 0) is 4.79 Å². The highest BCUT2D eigenvalue weighted by Gasteiger charge is 2.30. The van der Waals surface area contributed by atoms with Gasteiger partial charge in [-0.05, 0) is 51.0 Å². The zero-order valence-corrected chi connectivity index (χ0v) is 19.1. The van der Waals surface area contributed by atoms with Crippen molar-refractivity contribution in [2.75, 3.05) is 13.7 Å². The molecule has 6 heteroatoms. The van der Waals surface area contributed by atoms with Crippen LogP contribution >= 0.6 is 0 Å². The Morgan fingerprint density at radius 3 is 2.56 bits per heavy atom. The van der Waals surface area contributed by atoms with Crippen LogP contribution in [0.1, 0.15) is 57.8 Å². The normalized spacial score (nSPS) is 15.5. The summed E-state index contributed by atoms with van der Waals surface area (Å²) in [5.41, 5.74) is 1.10. The summed E-state index contributed by atoms with van der Waals surface area (Å²) in [4.78, 5) is 33.6. The van der Waals surface area contributed by atoms with Gasteiger partial charge in [0.25, 0.3) is 5.56 Å². The summed E-state index contributed by atoms with van der Waals surface area (Å²) in [6.07, 6.45) is 5.25. The molecule has 0 saturated heterocycles. The Hall–Kier alpha value is -3.15. The number of nitrogens with zero attached hydrogens (tertiary/aromatic N) is 3. The van der Waals surface area contributed by atoms with Gasteiger partial charge in [-0.3, -0.25) is 14.2 Å². The number of carbonyl (C=O) groups excluding carboxylic acids is 1. The molecule has 1 heterocycles. The first-order chi connectivity index (χ1) is 15.5. The zero-order chi connectivity index (χ0) is 22.7. The van der Waals surface area contributed by atoms with Crippen LogP contribution in [0.15, 0.2) is 53.3 Å². The van der Waals surface area contributed by atoms with Crippen molar-refractivity contribution < 1.29 is 9.53 Å². The summed E-state index contributed by atoms with van der Waals surface area (Å²) in [5.74, 6) is 1.33. The Labute approximate surface area is 188 Å².